The van der Waals surface area contributed by atoms with E-state index >= 15 is 0 Å². The van der Waals surface area contributed by atoms with Crippen molar-refractivity contribution in [2.75, 3.05) is 6.54 Å². The van der Waals surface area contributed by atoms with Crippen LogP contribution in [0.2, 0.25) is 0 Å². The summed E-state index contributed by atoms with van der Waals surface area (Å²) in [4.78, 5) is 11.3. The molecule has 1 N–H and O–H groups in total. The number of unbranched alkanes of at least 4 members (excludes halogenated alkanes) is 5. The Hall–Kier alpha value is -0.790. The van der Waals surface area contributed by atoms with E-state index in [1.54, 1.807) is 6.08 Å². The average Bonchev–Trinajstić information content (AvgIpc) is 2.28. The van der Waals surface area contributed by atoms with Crippen molar-refractivity contribution in [2.24, 2.45) is 5.41 Å². The zero-order valence-electron chi connectivity index (χ0n) is 12.6. The lowest BCUT2D eigenvalue weighted by Gasteiger charge is -2.17. The highest BCUT2D eigenvalue weighted by Gasteiger charge is 2.08. The first-order valence-corrected chi connectivity index (χ1v) is 7.33. The minimum absolute atomic E-state index is 0.155. The average molecular weight is 253 g/mol. The number of rotatable bonds is 10. The number of nitrogens with one attached hydrogen (secondary N) is 1. The number of carbonyl (C=O) groups excluding carboxylic acids is 1. The van der Waals surface area contributed by atoms with E-state index < -0.39 is 0 Å². The maximum atomic E-state index is 11.3. The normalized spacial score (nSPS) is 11.3. The molecule has 0 aromatic rings. The smallest absolute Gasteiger partial charge is 0.220 e. The maximum absolute atomic E-state index is 11.3. The Morgan fingerprint density at radius 3 is 2.17 bits per heavy atom. The molecule has 0 rings (SSSR count). The summed E-state index contributed by atoms with van der Waals surface area (Å²) >= 11 is 0. The van der Waals surface area contributed by atoms with Crippen LogP contribution in [-0.4, -0.2) is 12.5 Å². The summed E-state index contributed by atoms with van der Waals surface area (Å²) in [5.74, 6) is 0.155. The molecule has 2 heteroatoms. The minimum Gasteiger partial charge on any atom is -0.353 e. The lowest BCUT2D eigenvalue weighted by molar-refractivity contribution is -0.121. The van der Waals surface area contributed by atoms with Gasteiger partial charge in [0.05, 0.1) is 0 Å². The van der Waals surface area contributed by atoms with Gasteiger partial charge in [-0.2, -0.15) is 0 Å². The molecule has 0 aliphatic heterocycles. The van der Waals surface area contributed by atoms with Crippen molar-refractivity contribution in [3.05, 3.63) is 12.7 Å². The predicted octanol–water partition coefficient (Wildman–Crippen LogP) is 4.46. The van der Waals surface area contributed by atoms with Crippen molar-refractivity contribution in [1.29, 1.82) is 0 Å². The fourth-order valence-electron chi connectivity index (χ4n) is 1.92. The Labute approximate surface area is 113 Å². The van der Waals surface area contributed by atoms with Gasteiger partial charge < -0.3 is 5.32 Å². The van der Waals surface area contributed by atoms with E-state index in [1.807, 2.05) is 0 Å². The van der Waals surface area contributed by atoms with E-state index in [-0.39, 0.29) is 5.91 Å². The summed E-state index contributed by atoms with van der Waals surface area (Å²) < 4.78 is 0. The van der Waals surface area contributed by atoms with Crippen LogP contribution in [0.25, 0.3) is 0 Å². The largest absolute Gasteiger partial charge is 0.353 e. The Morgan fingerprint density at radius 1 is 1.06 bits per heavy atom. The van der Waals surface area contributed by atoms with Gasteiger partial charge in [0.25, 0.3) is 0 Å². The molecular weight excluding hydrogens is 222 g/mol. The van der Waals surface area contributed by atoms with Crippen molar-refractivity contribution < 1.29 is 4.79 Å². The molecule has 0 fully saturated rings. The fourth-order valence-corrected chi connectivity index (χ4v) is 1.92. The molecule has 0 saturated heterocycles. The SMILES string of the molecule is C=CCNC(=O)CCCCCCCCC(C)(C)C. The van der Waals surface area contributed by atoms with E-state index in [0.29, 0.717) is 18.4 Å². The summed E-state index contributed by atoms with van der Waals surface area (Å²) in [5.41, 5.74) is 0.475. The second kappa shape index (κ2) is 10.2. The number of hydrogen-bond acceptors (Lipinski definition) is 1. The Balaban J connectivity index is 3.21. The van der Waals surface area contributed by atoms with E-state index in [9.17, 15) is 4.79 Å². The van der Waals surface area contributed by atoms with Crippen molar-refractivity contribution in [3.8, 4) is 0 Å². The lowest BCUT2D eigenvalue weighted by atomic mass is 9.89. The maximum Gasteiger partial charge on any atom is 0.220 e. The van der Waals surface area contributed by atoms with Gasteiger partial charge in [-0.3, -0.25) is 4.79 Å². The van der Waals surface area contributed by atoms with Crippen molar-refractivity contribution >= 4 is 5.91 Å². The van der Waals surface area contributed by atoms with Crippen LogP contribution in [0.4, 0.5) is 0 Å². The summed E-state index contributed by atoms with van der Waals surface area (Å²) in [6.07, 6.45) is 11.1. The van der Waals surface area contributed by atoms with Gasteiger partial charge in [0, 0.05) is 13.0 Å². The monoisotopic (exact) mass is 253 g/mol. The Morgan fingerprint density at radius 2 is 1.61 bits per heavy atom. The van der Waals surface area contributed by atoms with Crippen LogP contribution in [-0.2, 0) is 4.79 Å². The lowest BCUT2D eigenvalue weighted by Crippen LogP contribution is -2.22. The highest BCUT2D eigenvalue weighted by atomic mass is 16.1. The third kappa shape index (κ3) is 13.3. The van der Waals surface area contributed by atoms with Crippen molar-refractivity contribution in [2.45, 2.75) is 72.1 Å². The molecular formula is C16H31NO. The zero-order valence-corrected chi connectivity index (χ0v) is 12.6. The van der Waals surface area contributed by atoms with Gasteiger partial charge in [0.1, 0.15) is 0 Å². The van der Waals surface area contributed by atoms with Crippen LogP contribution in [0.5, 0.6) is 0 Å². The van der Waals surface area contributed by atoms with Crippen LogP contribution >= 0.6 is 0 Å². The quantitative estimate of drug-likeness (QED) is 0.452. The van der Waals surface area contributed by atoms with Gasteiger partial charge in [0.15, 0.2) is 0 Å². The van der Waals surface area contributed by atoms with Crippen LogP contribution in [0.3, 0.4) is 0 Å². The molecule has 2 nitrogen and oxygen atoms in total. The van der Waals surface area contributed by atoms with Crippen molar-refractivity contribution in [1.82, 2.24) is 5.32 Å². The topological polar surface area (TPSA) is 29.1 Å². The summed E-state index contributed by atoms with van der Waals surface area (Å²) in [7, 11) is 0. The summed E-state index contributed by atoms with van der Waals surface area (Å²) in [5, 5.41) is 2.80. The van der Waals surface area contributed by atoms with Crippen LogP contribution in [0.15, 0.2) is 12.7 Å². The second-order valence-corrected chi connectivity index (χ2v) is 6.27. The molecule has 0 aliphatic rings. The number of hydrogen-bond donors (Lipinski definition) is 1. The molecule has 0 radical (unpaired) electrons. The Kier molecular flexibility index (Phi) is 9.72. The molecule has 0 unspecified atom stereocenters. The minimum atomic E-state index is 0.155. The number of amides is 1. The van der Waals surface area contributed by atoms with Crippen LogP contribution in [0, 0.1) is 5.41 Å². The molecule has 18 heavy (non-hydrogen) atoms. The third-order valence-electron chi connectivity index (χ3n) is 3.02. The molecule has 0 spiro atoms. The molecule has 0 aromatic carbocycles. The van der Waals surface area contributed by atoms with Gasteiger partial charge >= 0.3 is 0 Å². The van der Waals surface area contributed by atoms with E-state index in [4.69, 9.17) is 0 Å². The third-order valence-corrected chi connectivity index (χ3v) is 3.02. The molecule has 0 bridgehead atoms. The first kappa shape index (κ1) is 17.2. The van der Waals surface area contributed by atoms with Crippen molar-refractivity contribution in [3.63, 3.8) is 0 Å². The molecule has 0 aromatic heterocycles. The van der Waals surface area contributed by atoms with Crippen LogP contribution in [0.1, 0.15) is 72.1 Å². The summed E-state index contributed by atoms with van der Waals surface area (Å²) in [6.45, 7) is 11.1. The predicted molar refractivity (Wildman–Crippen MR) is 79.6 cm³/mol. The van der Waals surface area contributed by atoms with Gasteiger partial charge in [-0.25, -0.2) is 0 Å². The van der Waals surface area contributed by atoms with Gasteiger partial charge in [-0.1, -0.05) is 59.0 Å². The Bertz CT molecular complexity index is 228. The second-order valence-electron chi connectivity index (χ2n) is 6.27. The standard InChI is InChI=1S/C16H31NO/c1-5-14-17-15(18)12-10-8-6-7-9-11-13-16(2,3)4/h5H,1,6-14H2,2-4H3,(H,17,18). The molecule has 0 aliphatic carbocycles. The molecule has 0 saturated carbocycles. The van der Waals surface area contributed by atoms with E-state index in [1.165, 1.54) is 38.5 Å². The van der Waals surface area contributed by atoms with E-state index in [0.717, 1.165) is 6.42 Å². The first-order chi connectivity index (χ1) is 8.45. The first-order valence-electron chi connectivity index (χ1n) is 7.33. The molecule has 0 atom stereocenters. The van der Waals surface area contributed by atoms with E-state index in [2.05, 4.69) is 32.7 Å². The summed E-state index contributed by atoms with van der Waals surface area (Å²) in [6, 6.07) is 0. The molecule has 0 heterocycles. The zero-order chi connectivity index (χ0) is 13.9. The van der Waals surface area contributed by atoms with Gasteiger partial charge in [0.2, 0.25) is 5.91 Å². The number of carbonyl (C=O) groups is 1. The van der Waals surface area contributed by atoms with Crippen LogP contribution < -0.4 is 5.32 Å². The fraction of sp³-hybridized carbons (Fsp3) is 0.812. The molecule has 1 amide bonds. The van der Waals surface area contributed by atoms with Gasteiger partial charge in [-0.05, 0) is 18.3 Å². The highest BCUT2D eigenvalue weighted by Crippen LogP contribution is 2.22. The molecule has 106 valence electrons. The van der Waals surface area contributed by atoms with Gasteiger partial charge in [-0.15, -0.1) is 6.58 Å². The highest BCUT2D eigenvalue weighted by molar-refractivity contribution is 5.75.